The predicted octanol–water partition coefficient (Wildman–Crippen LogP) is 4.34. The van der Waals surface area contributed by atoms with Gasteiger partial charge in [-0.1, -0.05) is 36.1 Å². The summed E-state index contributed by atoms with van der Waals surface area (Å²) in [5, 5.41) is 8.99. The highest BCUT2D eigenvalue weighted by molar-refractivity contribution is 5.93. The summed E-state index contributed by atoms with van der Waals surface area (Å²) in [5.74, 6) is 4.72. The summed E-state index contributed by atoms with van der Waals surface area (Å²) in [6.07, 6.45) is -1.40. The smallest absolute Gasteiger partial charge is 0.415 e. The van der Waals surface area contributed by atoms with E-state index in [0.717, 1.165) is 37.3 Å². The molecule has 0 aromatic heterocycles. The van der Waals surface area contributed by atoms with Crippen LogP contribution < -0.4 is 10.5 Å². The first-order valence-corrected chi connectivity index (χ1v) is 14.3. The van der Waals surface area contributed by atoms with Crippen molar-refractivity contribution in [3.8, 4) is 17.6 Å². The number of nitrogens with zero attached hydrogens (tertiary/aromatic N) is 3. The van der Waals surface area contributed by atoms with Crippen molar-refractivity contribution in [1.82, 2.24) is 14.7 Å². The maximum absolute atomic E-state index is 13.6. The van der Waals surface area contributed by atoms with E-state index in [9.17, 15) is 23.2 Å². The van der Waals surface area contributed by atoms with Gasteiger partial charge >= 0.3 is 18.1 Å². The number of methoxy groups -OCH3 is 1. The molecule has 3 amide bonds. The molecule has 1 saturated heterocycles. The predicted molar refractivity (Wildman–Crippen MR) is 162 cm³/mol. The molecule has 10 nitrogen and oxygen atoms in total. The van der Waals surface area contributed by atoms with E-state index < -0.39 is 18.1 Å². The number of carboxylic acid groups (broad SMARTS) is 1. The quantitative estimate of drug-likeness (QED) is 0.253. The lowest BCUT2D eigenvalue weighted by atomic mass is 9.96. The summed E-state index contributed by atoms with van der Waals surface area (Å²) < 4.78 is 38.1. The van der Waals surface area contributed by atoms with Crippen molar-refractivity contribution in [3.63, 3.8) is 0 Å². The Morgan fingerprint density at radius 1 is 0.956 bits per heavy atom. The van der Waals surface area contributed by atoms with Gasteiger partial charge in [-0.15, -0.1) is 0 Å². The first kappa shape index (κ1) is 32.9. The minimum absolute atomic E-state index is 0.0584. The Bertz CT molecular complexity index is 1490. The average molecular weight is 621 g/mol. The Morgan fingerprint density at radius 3 is 2.09 bits per heavy atom. The van der Waals surface area contributed by atoms with E-state index in [-0.39, 0.29) is 36.2 Å². The second-order valence-electron chi connectivity index (χ2n) is 10.3. The van der Waals surface area contributed by atoms with Gasteiger partial charge in [-0.2, -0.15) is 0 Å². The number of hydrogen-bond donors (Lipinski definition) is 2. The first-order valence-electron chi connectivity index (χ1n) is 14.3. The summed E-state index contributed by atoms with van der Waals surface area (Å²) in [6.45, 7) is 3.68. The summed E-state index contributed by atoms with van der Waals surface area (Å²) >= 11 is 0. The van der Waals surface area contributed by atoms with Crippen molar-refractivity contribution in [2.75, 3.05) is 53.0 Å². The Balaban J connectivity index is 1.34. The highest BCUT2D eigenvalue weighted by atomic mass is 19.1. The van der Waals surface area contributed by atoms with Crippen LogP contribution in [0.4, 0.5) is 18.4 Å². The third-order valence-electron chi connectivity index (χ3n) is 7.38. The number of piperazine rings is 1. The lowest BCUT2D eigenvalue weighted by Crippen LogP contribution is -2.48. The molecule has 0 unspecified atom stereocenters. The number of esters is 1. The molecule has 4 rings (SSSR count). The first-order chi connectivity index (χ1) is 21.7. The van der Waals surface area contributed by atoms with Gasteiger partial charge in [0.2, 0.25) is 0 Å². The number of nitrogens with two attached hydrogens (primary N) is 1. The number of benzene rings is 3. The van der Waals surface area contributed by atoms with Crippen LogP contribution in [0.25, 0.3) is 0 Å². The largest absolute Gasteiger partial charge is 0.491 e. The number of imide groups is 1. The molecule has 1 aliphatic heterocycles. The zero-order chi connectivity index (χ0) is 32.3. The monoisotopic (exact) mass is 620 g/mol. The number of halogens is 2. The van der Waals surface area contributed by atoms with E-state index in [1.54, 1.807) is 36.4 Å². The van der Waals surface area contributed by atoms with Crippen molar-refractivity contribution in [1.29, 1.82) is 0 Å². The number of rotatable bonds is 10. The van der Waals surface area contributed by atoms with Crippen LogP contribution in [0.15, 0.2) is 66.7 Å². The molecule has 236 valence electrons. The van der Waals surface area contributed by atoms with E-state index >= 15 is 0 Å². The Hall–Kier alpha value is -4.99. The number of carbonyl (C=O) groups is 3. The molecule has 0 saturated carbocycles. The minimum atomic E-state index is -1.46. The summed E-state index contributed by atoms with van der Waals surface area (Å²) in [7, 11) is 1.26. The average Bonchev–Trinajstić information content (AvgIpc) is 3.03. The van der Waals surface area contributed by atoms with Gasteiger partial charge in [0, 0.05) is 51.3 Å². The van der Waals surface area contributed by atoms with Crippen molar-refractivity contribution in [3.05, 3.63) is 101 Å². The number of ether oxygens (including phenoxy) is 2. The molecule has 3 aromatic carbocycles. The van der Waals surface area contributed by atoms with E-state index in [1.807, 2.05) is 0 Å². The Labute approximate surface area is 259 Å². The van der Waals surface area contributed by atoms with Crippen LogP contribution in [0.3, 0.4) is 0 Å². The minimum Gasteiger partial charge on any atom is -0.491 e. The van der Waals surface area contributed by atoms with E-state index in [0.29, 0.717) is 29.4 Å². The van der Waals surface area contributed by atoms with Crippen LogP contribution in [0.5, 0.6) is 5.75 Å². The van der Waals surface area contributed by atoms with Gasteiger partial charge in [0.1, 0.15) is 29.6 Å². The molecule has 45 heavy (non-hydrogen) atoms. The van der Waals surface area contributed by atoms with Crippen LogP contribution in [0.2, 0.25) is 0 Å². The fourth-order valence-corrected chi connectivity index (χ4v) is 5.07. The summed E-state index contributed by atoms with van der Waals surface area (Å²) in [4.78, 5) is 39.7. The van der Waals surface area contributed by atoms with Crippen LogP contribution in [-0.2, 0) is 4.74 Å². The second kappa shape index (κ2) is 15.7. The molecule has 3 N–H and O–H groups in total. The zero-order valence-corrected chi connectivity index (χ0v) is 24.7. The molecule has 0 radical (unpaired) electrons. The molecule has 0 aliphatic carbocycles. The third-order valence-corrected chi connectivity index (χ3v) is 7.38. The summed E-state index contributed by atoms with van der Waals surface area (Å²) in [6, 6.07) is 16.4. The van der Waals surface area contributed by atoms with Gasteiger partial charge in [-0.25, -0.2) is 28.1 Å². The maximum atomic E-state index is 13.6. The Kier molecular flexibility index (Phi) is 11.4. The van der Waals surface area contributed by atoms with Gasteiger partial charge in [-0.05, 0) is 53.6 Å². The van der Waals surface area contributed by atoms with Gasteiger partial charge in [0.25, 0.3) is 0 Å². The summed E-state index contributed by atoms with van der Waals surface area (Å²) in [5.41, 5.74) is 7.57. The SMILES string of the molecule is COC(=O)c1cc(C#CCCN(C(N)=O)C(=O)O)ccc1OCCN1CCN(C(c2ccc(F)cc2)c2ccc(F)cc2)CC1. The molecule has 0 bridgehead atoms. The molecule has 1 aliphatic rings. The standard InChI is InChI=1S/C33H34F2N4O6/c1-44-31(40)28-22-23(4-2-3-15-39(32(36)41)33(42)43)5-14-29(28)45-21-20-37-16-18-38(19-17-37)30(24-6-10-26(34)11-7-24)25-8-12-27(35)13-9-25/h5-14,22,30H,3,15-21H2,1H3,(H2,36,41)(H,42,43). The second-order valence-corrected chi connectivity index (χ2v) is 10.3. The van der Waals surface area contributed by atoms with Gasteiger partial charge < -0.3 is 20.3 Å². The highest BCUT2D eigenvalue weighted by Crippen LogP contribution is 2.30. The van der Waals surface area contributed by atoms with E-state index in [4.69, 9.17) is 20.3 Å². The van der Waals surface area contributed by atoms with Crippen molar-refractivity contribution < 1.29 is 37.7 Å². The lowest BCUT2D eigenvalue weighted by Gasteiger charge is -2.39. The van der Waals surface area contributed by atoms with E-state index in [2.05, 4.69) is 21.6 Å². The number of carbonyl (C=O) groups excluding carboxylic acids is 2. The van der Waals surface area contributed by atoms with Crippen molar-refractivity contribution in [2.24, 2.45) is 5.73 Å². The molecular weight excluding hydrogens is 586 g/mol. The van der Waals surface area contributed by atoms with E-state index in [1.165, 1.54) is 37.4 Å². The van der Waals surface area contributed by atoms with Gasteiger partial charge in [-0.3, -0.25) is 9.80 Å². The molecule has 12 heteroatoms. The molecule has 0 spiro atoms. The van der Waals surface area contributed by atoms with Crippen LogP contribution in [0.1, 0.15) is 39.5 Å². The number of hydrogen-bond acceptors (Lipinski definition) is 7. The van der Waals surface area contributed by atoms with Crippen LogP contribution in [0, 0.1) is 23.5 Å². The van der Waals surface area contributed by atoms with Crippen molar-refractivity contribution >= 4 is 18.1 Å². The molecular formula is C33H34F2N4O6. The van der Waals surface area contributed by atoms with Gasteiger partial charge in [0.15, 0.2) is 0 Å². The third kappa shape index (κ3) is 9.01. The topological polar surface area (TPSA) is 126 Å². The molecule has 1 fully saturated rings. The molecule has 3 aromatic rings. The number of urea groups is 1. The molecule has 0 atom stereocenters. The van der Waals surface area contributed by atoms with Crippen molar-refractivity contribution in [2.45, 2.75) is 12.5 Å². The van der Waals surface area contributed by atoms with Gasteiger partial charge in [0.05, 0.1) is 13.2 Å². The Morgan fingerprint density at radius 2 is 1.56 bits per heavy atom. The number of amides is 3. The molecule has 1 heterocycles. The fourth-order valence-electron chi connectivity index (χ4n) is 5.07. The van der Waals surface area contributed by atoms with Crippen LogP contribution >= 0.6 is 0 Å². The normalized spacial score (nSPS) is 13.5. The highest BCUT2D eigenvalue weighted by Gasteiger charge is 2.27. The maximum Gasteiger partial charge on any atom is 0.415 e. The fraction of sp³-hybridized carbons (Fsp3) is 0.303. The zero-order valence-electron chi connectivity index (χ0n) is 24.7. The lowest BCUT2D eigenvalue weighted by molar-refractivity contribution is 0.0593. The van der Waals surface area contributed by atoms with Crippen LogP contribution in [-0.4, -0.2) is 90.9 Å². The number of primary amides is 1.